The van der Waals surface area contributed by atoms with Gasteiger partial charge in [-0.2, -0.15) is 18.2 Å². The van der Waals surface area contributed by atoms with Crippen LogP contribution in [0.15, 0.2) is 64.7 Å². The number of carboxylic acid groups (broad SMARTS) is 1. The highest BCUT2D eigenvalue weighted by Crippen LogP contribution is 2.64. The maximum absolute atomic E-state index is 15.1. The lowest BCUT2D eigenvalue weighted by molar-refractivity contribution is -0.142. The van der Waals surface area contributed by atoms with E-state index in [0.29, 0.717) is 33.4 Å². The zero-order valence-corrected chi connectivity index (χ0v) is 28.4. The summed E-state index contributed by atoms with van der Waals surface area (Å²) in [6.45, 7) is -0.594. The highest BCUT2D eigenvalue weighted by Gasteiger charge is 2.71. The van der Waals surface area contributed by atoms with Gasteiger partial charge in [0.15, 0.2) is 5.82 Å². The highest BCUT2D eigenvalue weighted by molar-refractivity contribution is 6.33. The van der Waals surface area contributed by atoms with Crippen molar-refractivity contribution in [1.82, 2.24) is 14.9 Å². The van der Waals surface area contributed by atoms with Gasteiger partial charge in [-0.05, 0) is 61.1 Å². The Hall–Kier alpha value is -4.73. The SMILES string of the molecule is O=C(O)CCCN1C(=O)C2CC=C3C(CC4C(=O)N(Nc5ncc(C(F)(F)F)cc5Cl)C(=O)C4(c4ccc(Cl)cc4)C3c3ccc(CO)o3)C2C1=O. The summed E-state index contributed by atoms with van der Waals surface area (Å²) >= 11 is 12.4. The fraction of sp³-hybridized carbons (Fsp3) is 0.371. The summed E-state index contributed by atoms with van der Waals surface area (Å²) in [6.07, 6.45) is -2.68. The van der Waals surface area contributed by atoms with E-state index >= 15 is 4.79 Å². The van der Waals surface area contributed by atoms with Crippen molar-refractivity contribution in [1.29, 1.82) is 0 Å². The molecule has 7 rings (SSSR count). The normalized spacial score (nSPS) is 27.0. The van der Waals surface area contributed by atoms with Crippen LogP contribution < -0.4 is 5.43 Å². The number of carbonyl (C=O) groups excluding carboxylic acids is 4. The molecule has 1 aromatic carbocycles. The van der Waals surface area contributed by atoms with Crippen molar-refractivity contribution in [3.05, 3.63) is 93.0 Å². The lowest BCUT2D eigenvalue weighted by Crippen LogP contribution is -2.53. The number of alkyl halides is 3. The minimum Gasteiger partial charge on any atom is -0.481 e. The smallest absolute Gasteiger partial charge is 0.417 e. The molecule has 3 aromatic rings. The fourth-order valence-corrected chi connectivity index (χ4v) is 8.73. The summed E-state index contributed by atoms with van der Waals surface area (Å²) in [5.41, 5.74) is 0.501. The molecule has 1 saturated carbocycles. The van der Waals surface area contributed by atoms with Crippen molar-refractivity contribution < 1.29 is 51.8 Å². The molecule has 0 spiro atoms. The molecule has 2 aliphatic heterocycles. The number of aliphatic carboxylic acids is 1. The molecule has 3 fully saturated rings. The molecule has 4 amide bonds. The molecular weight excluding hydrogens is 732 g/mol. The van der Waals surface area contributed by atoms with Crippen LogP contribution in [0.3, 0.4) is 0 Å². The van der Waals surface area contributed by atoms with Crippen LogP contribution in [0.4, 0.5) is 19.0 Å². The lowest BCUT2D eigenvalue weighted by Gasteiger charge is -2.49. The Bertz CT molecular complexity index is 2040. The number of aromatic nitrogens is 1. The molecule has 3 N–H and O–H groups in total. The van der Waals surface area contributed by atoms with E-state index in [0.717, 1.165) is 4.90 Å². The Labute approximate surface area is 303 Å². The quantitative estimate of drug-likeness (QED) is 0.191. The van der Waals surface area contributed by atoms with Crippen molar-refractivity contribution in [3.63, 3.8) is 0 Å². The van der Waals surface area contributed by atoms with Gasteiger partial charge in [-0.3, -0.25) is 34.3 Å². The number of rotatable bonds is 9. The largest absolute Gasteiger partial charge is 0.481 e. The maximum Gasteiger partial charge on any atom is 0.417 e. The second-order valence-electron chi connectivity index (χ2n) is 13.2. The van der Waals surface area contributed by atoms with Gasteiger partial charge in [0.05, 0.1) is 34.3 Å². The number of imide groups is 2. The first-order valence-corrected chi connectivity index (χ1v) is 17.0. The molecule has 2 aliphatic carbocycles. The number of amides is 4. The number of hydrogen-bond acceptors (Lipinski definition) is 9. The Balaban J connectivity index is 1.37. The third-order valence-electron chi connectivity index (χ3n) is 10.5. The van der Waals surface area contributed by atoms with Gasteiger partial charge in [0.1, 0.15) is 23.5 Å². The summed E-state index contributed by atoms with van der Waals surface area (Å²) in [5, 5.41) is 19.5. The molecule has 4 aliphatic rings. The van der Waals surface area contributed by atoms with Gasteiger partial charge in [-0.25, -0.2) is 4.98 Å². The zero-order valence-electron chi connectivity index (χ0n) is 26.9. The van der Waals surface area contributed by atoms with Gasteiger partial charge in [-0.15, -0.1) is 0 Å². The van der Waals surface area contributed by atoms with Gasteiger partial charge in [0, 0.05) is 24.2 Å². The van der Waals surface area contributed by atoms with Crippen LogP contribution in [0.25, 0.3) is 0 Å². The number of nitrogens with zero attached hydrogens (tertiary/aromatic N) is 3. The Morgan fingerprint density at radius 1 is 1.04 bits per heavy atom. The summed E-state index contributed by atoms with van der Waals surface area (Å²) in [5.74, 6) is -8.55. The van der Waals surface area contributed by atoms with Crippen LogP contribution >= 0.6 is 23.2 Å². The second-order valence-corrected chi connectivity index (χ2v) is 14.0. The van der Waals surface area contributed by atoms with Crippen LogP contribution in [0.1, 0.15) is 54.2 Å². The number of benzene rings is 1. The van der Waals surface area contributed by atoms with E-state index < -0.39 is 93.8 Å². The van der Waals surface area contributed by atoms with E-state index in [1.807, 2.05) is 0 Å². The molecule has 2 saturated heterocycles. The topological polar surface area (TPSA) is 170 Å². The second kappa shape index (κ2) is 13.0. The molecular formula is C35H29Cl2F3N4O8. The number of fused-ring (bicyclic) bond motifs is 4. The van der Waals surface area contributed by atoms with E-state index in [-0.39, 0.29) is 43.7 Å². The van der Waals surface area contributed by atoms with E-state index in [2.05, 4.69) is 10.4 Å². The number of furan rings is 1. The number of allylic oxidation sites excluding steroid dienone is 2. The molecule has 2 aromatic heterocycles. The minimum atomic E-state index is -4.77. The Morgan fingerprint density at radius 3 is 2.40 bits per heavy atom. The standard InChI is InChI=1S/C35H29Cl2F3N4O8/c36-18-5-3-16(4-6-18)34-23(31(49)44(33(34)51)42-29-24(37)12-17(14-41-29)35(38,39)40)13-22-20(28(34)25-10-7-19(15-45)52-25)8-9-21-27(22)32(50)43(30(21)48)11-1-2-26(46)47/h3-8,10,12,14,21-23,27-28,45H,1-2,9,11,13,15H2,(H,41,42)(H,46,47). The average Bonchev–Trinajstić information content (AvgIpc) is 3.73. The van der Waals surface area contributed by atoms with Gasteiger partial charge in [0.25, 0.3) is 11.8 Å². The average molecular weight is 762 g/mol. The van der Waals surface area contributed by atoms with E-state index in [1.165, 1.54) is 18.2 Å². The van der Waals surface area contributed by atoms with Crippen LogP contribution in [-0.2, 0) is 42.2 Å². The Morgan fingerprint density at radius 2 is 1.77 bits per heavy atom. The number of carbonyl (C=O) groups is 5. The van der Waals surface area contributed by atoms with Gasteiger partial charge in [-0.1, -0.05) is 47.0 Å². The summed E-state index contributed by atoms with van der Waals surface area (Å²) in [4.78, 5) is 73.3. The summed E-state index contributed by atoms with van der Waals surface area (Å²) in [7, 11) is 0. The van der Waals surface area contributed by atoms with Crippen LogP contribution in [0.2, 0.25) is 10.0 Å². The summed E-state index contributed by atoms with van der Waals surface area (Å²) < 4.78 is 46.2. The molecule has 0 radical (unpaired) electrons. The van der Waals surface area contributed by atoms with Crippen molar-refractivity contribution in [2.45, 2.75) is 49.8 Å². The minimum absolute atomic E-state index is 0.0482. The third kappa shape index (κ3) is 5.56. The molecule has 272 valence electrons. The fourth-order valence-electron chi connectivity index (χ4n) is 8.40. The molecule has 17 heteroatoms. The molecule has 6 unspecified atom stereocenters. The lowest BCUT2D eigenvalue weighted by atomic mass is 9.50. The highest BCUT2D eigenvalue weighted by atomic mass is 35.5. The number of anilines is 1. The van der Waals surface area contributed by atoms with Crippen molar-refractivity contribution >= 4 is 58.6 Å². The number of likely N-dealkylation sites (tertiary alicyclic amines) is 1. The van der Waals surface area contributed by atoms with Crippen molar-refractivity contribution in [2.75, 3.05) is 12.0 Å². The first-order valence-electron chi connectivity index (χ1n) is 16.3. The van der Waals surface area contributed by atoms with Gasteiger partial charge >= 0.3 is 12.1 Å². The van der Waals surface area contributed by atoms with Crippen LogP contribution in [-0.4, -0.2) is 61.2 Å². The number of hydrazine groups is 1. The van der Waals surface area contributed by atoms with Crippen LogP contribution in [0, 0.1) is 23.7 Å². The Kier molecular flexibility index (Phi) is 8.94. The monoisotopic (exact) mass is 760 g/mol. The zero-order chi connectivity index (χ0) is 37.3. The number of aliphatic hydroxyl groups excluding tert-OH is 1. The summed E-state index contributed by atoms with van der Waals surface area (Å²) in [6, 6.07) is 9.91. The van der Waals surface area contributed by atoms with E-state index in [9.17, 15) is 37.5 Å². The number of carboxylic acids is 1. The molecule has 0 bridgehead atoms. The number of halogens is 5. The molecule has 4 heterocycles. The first kappa shape index (κ1) is 35.7. The van der Waals surface area contributed by atoms with Gasteiger partial charge in [0.2, 0.25) is 11.8 Å². The third-order valence-corrected chi connectivity index (χ3v) is 11.1. The number of nitrogens with one attached hydrogen (secondary N) is 1. The van der Waals surface area contributed by atoms with E-state index in [1.54, 1.807) is 24.3 Å². The van der Waals surface area contributed by atoms with Crippen LogP contribution in [0.5, 0.6) is 0 Å². The molecule has 6 atom stereocenters. The number of hydrogen-bond donors (Lipinski definition) is 3. The predicted molar refractivity (Wildman–Crippen MR) is 175 cm³/mol. The van der Waals surface area contributed by atoms with Crippen molar-refractivity contribution in [3.8, 4) is 0 Å². The van der Waals surface area contributed by atoms with E-state index in [4.69, 9.17) is 32.7 Å². The van der Waals surface area contributed by atoms with Gasteiger partial charge < -0.3 is 14.6 Å². The molecule has 12 nitrogen and oxygen atoms in total. The molecule has 52 heavy (non-hydrogen) atoms. The first-order chi connectivity index (χ1) is 24.7. The maximum atomic E-state index is 15.1. The number of pyridine rings is 1. The number of aliphatic hydroxyl groups is 1. The van der Waals surface area contributed by atoms with Crippen molar-refractivity contribution in [2.24, 2.45) is 23.7 Å². The predicted octanol–water partition coefficient (Wildman–Crippen LogP) is 5.34.